The number of hydrogen-bond donors (Lipinski definition) is 3. The lowest BCUT2D eigenvalue weighted by Crippen LogP contribution is -1.85. The highest BCUT2D eigenvalue weighted by atomic mass is 79.9. The Kier molecular flexibility index (Phi) is 4.72. The van der Waals surface area contributed by atoms with E-state index in [0.29, 0.717) is 38.9 Å². The highest BCUT2D eigenvalue weighted by Gasteiger charge is 2.14. The molecule has 0 aliphatic carbocycles. The van der Waals surface area contributed by atoms with E-state index in [-0.39, 0.29) is 16.0 Å². The van der Waals surface area contributed by atoms with E-state index < -0.39 is 0 Å². The minimum atomic E-state index is -0.0915. The normalized spacial score (nSPS) is 11.7. The van der Waals surface area contributed by atoms with E-state index in [1.54, 1.807) is 13.0 Å². The first-order chi connectivity index (χ1) is 13.3. The number of fused-ring (bicyclic) bond motifs is 1. The van der Waals surface area contributed by atoms with Crippen molar-refractivity contribution in [1.82, 2.24) is 15.0 Å². The van der Waals surface area contributed by atoms with Crippen LogP contribution < -0.4 is 0 Å². The van der Waals surface area contributed by atoms with Gasteiger partial charge in [0.05, 0.1) is 21.2 Å². The van der Waals surface area contributed by atoms with Crippen LogP contribution in [-0.2, 0) is 0 Å². The van der Waals surface area contributed by atoms with Crippen LogP contribution in [0.25, 0.3) is 22.6 Å². The molecule has 0 saturated carbocycles. The van der Waals surface area contributed by atoms with Crippen molar-refractivity contribution < 1.29 is 14.6 Å². The maximum absolute atomic E-state index is 10.2. The summed E-state index contributed by atoms with van der Waals surface area (Å²) < 4.78 is 6.12. The number of benzene rings is 2. The fourth-order valence-corrected chi connectivity index (χ4v) is 3.95. The van der Waals surface area contributed by atoms with Crippen molar-refractivity contribution in [2.45, 2.75) is 13.8 Å². The second-order valence-corrected chi connectivity index (χ2v) is 7.79. The van der Waals surface area contributed by atoms with E-state index in [0.717, 1.165) is 11.0 Å². The van der Waals surface area contributed by atoms with Gasteiger partial charge in [-0.3, -0.25) is 4.99 Å². The number of aromatic nitrogens is 3. The van der Waals surface area contributed by atoms with Gasteiger partial charge < -0.3 is 19.6 Å². The lowest BCUT2D eigenvalue weighted by Gasteiger charge is -2.06. The lowest BCUT2D eigenvalue weighted by atomic mass is 10.2. The molecule has 2 aromatic heterocycles. The summed E-state index contributed by atoms with van der Waals surface area (Å²) in [6.45, 7) is 3.64. The Hall–Kier alpha value is -2.65. The fourth-order valence-electron chi connectivity index (χ4n) is 2.80. The van der Waals surface area contributed by atoms with Gasteiger partial charge in [0.25, 0.3) is 0 Å². The summed E-state index contributed by atoms with van der Waals surface area (Å²) in [5, 5.41) is 20.0. The molecular weight excluding hydrogens is 492 g/mol. The Labute approximate surface area is 176 Å². The van der Waals surface area contributed by atoms with Gasteiger partial charge in [0, 0.05) is 18.7 Å². The van der Waals surface area contributed by atoms with Crippen LogP contribution in [0.4, 0.5) is 5.69 Å². The van der Waals surface area contributed by atoms with Crippen molar-refractivity contribution in [3.63, 3.8) is 0 Å². The van der Waals surface area contributed by atoms with Gasteiger partial charge in [-0.25, -0.2) is 9.97 Å². The van der Waals surface area contributed by atoms with Crippen LogP contribution in [0.2, 0.25) is 0 Å². The van der Waals surface area contributed by atoms with Crippen LogP contribution in [0, 0.1) is 13.8 Å². The van der Waals surface area contributed by atoms with Crippen molar-refractivity contribution in [3.8, 4) is 23.0 Å². The maximum Gasteiger partial charge on any atom is 0.191 e. The van der Waals surface area contributed by atoms with Crippen LogP contribution in [0.15, 0.2) is 42.6 Å². The van der Waals surface area contributed by atoms with Crippen molar-refractivity contribution >= 4 is 54.8 Å². The highest BCUT2D eigenvalue weighted by molar-refractivity contribution is 9.11. The van der Waals surface area contributed by atoms with Crippen LogP contribution >= 0.6 is 31.9 Å². The van der Waals surface area contributed by atoms with Crippen LogP contribution in [-0.4, -0.2) is 31.4 Å². The van der Waals surface area contributed by atoms with E-state index >= 15 is 0 Å². The number of halogens is 2. The molecule has 0 saturated heterocycles. The Balaban J connectivity index is 1.69. The smallest absolute Gasteiger partial charge is 0.191 e. The number of aromatic amines is 1. The van der Waals surface area contributed by atoms with E-state index in [2.05, 4.69) is 51.8 Å². The summed E-state index contributed by atoms with van der Waals surface area (Å²) in [5.41, 5.74) is 3.41. The second-order valence-electron chi connectivity index (χ2n) is 6.14. The van der Waals surface area contributed by atoms with Gasteiger partial charge in [0.1, 0.15) is 27.4 Å². The maximum atomic E-state index is 10.2. The first kappa shape index (κ1) is 18.7. The van der Waals surface area contributed by atoms with Crippen molar-refractivity contribution in [2.75, 3.05) is 0 Å². The quantitative estimate of drug-likeness (QED) is 0.317. The number of phenolic OH excluding ortho intramolecular Hbond substituents is 2. The van der Waals surface area contributed by atoms with Gasteiger partial charge >= 0.3 is 0 Å². The summed E-state index contributed by atoms with van der Waals surface area (Å²) in [6, 6.07) is 7.12. The Bertz CT molecular complexity index is 1240. The van der Waals surface area contributed by atoms with Gasteiger partial charge in [-0.2, -0.15) is 0 Å². The third-order valence-electron chi connectivity index (χ3n) is 4.14. The molecule has 0 amide bonds. The SMILES string of the molecule is Cc1nc(-c2nc3ccc(N=Cc4cc(Br)c(O)c(Br)c4O)cc3[nH]2)c(C)o1. The molecular formula is C19H14Br2N4O3. The lowest BCUT2D eigenvalue weighted by molar-refractivity contribution is 0.442. The molecule has 0 radical (unpaired) electrons. The third-order valence-corrected chi connectivity index (χ3v) is 5.50. The second kappa shape index (κ2) is 7.06. The molecule has 9 heteroatoms. The van der Waals surface area contributed by atoms with Crippen molar-refractivity contribution in [2.24, 2.45) is 4.99 Å². The number of hydrogen-bond acceptors (Lipinski definition) is 6. The van der Waals surface area contributed by atoms with E-state index in [4.69, 9.17) is 4.42 Å². The average Bonchev–Trinajstić information content (AvgIpc) is 3.23. The molecule has 4 aromatic rings. The van der Waals surface area contributed by atoms with Crippen LogP contribution in [0.5, 0.6) is 11.5 Å². The van der Waals surface area contributed by atoms with E-state index in [9.17, 15) is 10.2 Å². The van der Waals surface area contributed by atoms with Gasteiger partial charge in [-0.1, -0.05) is 0 Å². The monoisotopic (exact) mass is 504 g/mol. The predicted octanol–water partition coefficient (Wildman–Crippen LogP) is 5.52. The molecule has 0 unspecified atom stereocenters. The number of H-pyrrole nitrogens is 1. The molecule has 7 nitrogen and oxygen atoms in total. The zero-order valence-corrected chi connectivity index (χ0v) is 18.0. The van der Waals surface area contributed by atoms with Gasteiger partial charge in [0.2, 0.25) is 0 Å². The third kappa shape index (κ3) is 3.31. The van der Waals surface area contributed by atoms with Crippen molar-refractivity contribution in [3.05, 3.63) is 50.4 Å². The van der Waals surface area contributed by atoms with Gasteiger partial charge in [-0.15, -0.1) is 0 Å². The topological polar surface area (TPSA) is 108 Å². The minimum Gasteiger partial charge on any atom is -0.506 e. The summed E-state index contributed by atoms with van der Waals surface area (Å²) in [6.07, 6.45) is 1.52. The molecule has 4 rings (SSSR count). The summed E-state index contributed by atoms with van der Waals surface area (Å²) in [7, 11) is 0. The summed E-state index contributed by atoms with van der Waals surface area (Å²) >= 11 is 6.40. The van der Waals surface area contributed by atoms with Crippen molar-refractivity contribution in [1.29, 1.82) is 0 Å². The number of aromatic hydroxyl groups is 2. The molecule has 28 heavy (non-hydrogen) atoms. The zero-order valence-electron chi connectivity index (χ0n) is 14.8. The molecule has 0 bridgehead atoms. The average molecular weight is 506 g/mol. The van der Waals surface area contributed by atoms with E-state index in [1.165, 1.54) is 6.21 Å². The van der Waals surface area contributed by atoms with Gasteiger partial charge in [0.15, 0.2) is 11.7 Å². The summed E-state index contributed by atoms with van der Waals surface area (Å²) in [5.74, 6) is 1.76. The van der Waals surface area contributed by atoms with Crippen LogP contribution in [0.1, 0.15) is 17.2 Å². The highest BCUT2D eigenvalue weighted by Crippen LogP contribution is 2.40. The van der Waals surface area contributed by atoms with Crippen LogP contribution in [0.3, 0.4) is 0 Å². The Morgan fingerprint density at radius 1 is 1.11 bits per heavy atom. The first-order valence-electron chi connectivity index (χ1n) is 8.21. The number of aliphatic imine (C=N–C) groups is 1. The molecule has 3 N–H and O–H groups in total. The largest absolute Gasteiger partial charge is 0.506 e. The minimum absolute atomic E-state index is 0.0700. The number of phenols is 2. The number of aryl methyl sites for hydroxylation is 2. The summed E-state index contributed by atoms with van der Waals surface area (Å²) in [4.78, 5) is 16.6. The molecule has 0 aliphatic heterocycles. The molecule has 0 atom stereocenters. The molecule has 2 aromatic carbocycles. The first-order valence-corrected chi connectivity index (χ1v) is 9.80. The standard InChI is InChI=1S/C19H14Br2N4O3/c1-8-16(23-9(2)28-8)19-24-13-4-3-11(6-14(13)25-19)22-7-10-5-12(20)18(27)15(21)17(10)26/h3-7,26-27H,1-2H3,(H,24,25). The molecule has 2 heterocycles. The molecule has 0 spiro atoms. The number of imidazole rings is 1. The Morgan fingerprint density at radius 2 is 1.89 bits per heavy atom. The Morgan fingerprint density at radius 3 is 2.61 bits per heavy atom. The number of rotatable bonds is 3. The number of nitrogens with one attached hydrogen (secondary N) is 1. The number of nitrogens with zero attached hydrogens (tertiary/aromatic N) is 3. The molecule has 0 aliphatic rings. The predicted molar refractivity (Wildman–Crippen MR) is 113 cm³/mol. The fraction of sp³-hybridized carbons (Fsp3) is 0.105. The van der Waals surface area contributed by atoms with E-state index in [1.807, 2.05) is 25.1 Å². The zero-order chi connectivity index (χ0) is 20.0. The number of oxazole rings is 1. The van der Waals surface area contributed by atoms with Gasteiger partial charge in [-0.05, 0) is 63.0 Å². The molecule has 142 valence electrons. The molecule has 0 fully saturated rings.